The number of aromatic nitrogens is 2. The highest BCUT2D eigenvalue weighted by Crippen LogP contribution is 2.33. The zero-order chi connectivity index (χ0) is 25.1. The van der Waals surface area contributed by atoms with Crippen LogP contribution in [0.5, 0.6) is 5.75 Å². The van der Waals surface area contributed by atoms with Gasteiger partial charge in [0.15, 0.2) is 0 Å². The topological polar surface area (TPSA) is 93.6 Å². The molecule has 0 aliphatic carbocycles. The molecule has 3 atom stereocenters. The van der Waals surface area contributed by atoms with Crippen LogP contribution < -0.4 is 15.0 Å². The third kappa shape index (κ3) is 6.05. The molecule has 0 spiro atoms. The van der Waals surface area contributed by atoms with Crippen LogP contribution in [0.2, 0.25) is 0 Å². The Hall–Kier alpha value is -3.13. The molecule has 0 bridgehead atoms. The number of ether oxygens (including phenoxy) is 2. The van der Waals surface area contributed by atoms with E-state index >= 15 is 0 Å². The predicted octanol–water partition coefficient (Wildman–Crippen LogP) is 3.13. The number of nitrogens with one attached hydrogen (secondary N) is 1. The van der Waals surface area contributed by atoms with Gasteiger partial charge in [-0.25, -0.2) is 23.1 Å². The third-order valence-corrected chi connectivity index (χ3v) is 4.77. The lowest BCUT2D eigenvalue weighted by atomic mass is 10.0. The number of carbonyl (C=O) groups is 2. The molecule has 1 aliphatic heterocycles. The van der Waals surface area contributed by atoms with E-state index in [1.807, 2.05) is 0 Å². The highest BCUT2D eigenvalue weighted by molar-refractivity contribution is 6.32. The van der Waals surface area contributed by atoms with Crippen molar-refractivity contribution in [3.8, 4) is 5.75 Å². The summed E-state index contributed by atoms with van der Waals surface area (Å²) in [5, 5.41) is 2.05. The van der Waals surface area contributed by atoms with E-state index in [0.29, 0.717) is 4.90 Å². The van der Waals surface area contributed by atoms with Gasteiger partial charge in [-0.1, -0.05) is 11.6 Å². The second-order valence-corrected chi connectivity index (χ2v) is 7.35. The number of alkyl halides is 7. The van der Waals surface area contributed by atoms with Crippen molar-refractivity contribution in [3.63, 3.8) is 0 Å². The molecule has 2 amide bonds. The van der Waals surface area contributed by atoms with E-state index in [9.17, 15) is 35.9 Å². The van der Waals surface area contributed by atoms with E-state index in [0.717, 1.165) is 43.0 Å². The number of benzene rings is 1. The Morgan fingerprint density at radius 3 is 2.32 bits per heavy atom. The van der Waals surface area contributed by atoms with Crippen molar-refractivity contribution in [2.24, 2.45) is 0 Å². The fourth-order valence-electron chi connectivity index (χ4n) is 3.12. The van der Waals surface area contributed by atoms with Gasteiger partial charge >= 0.3 is 6.36 Å². The molecule has 1 aromatic heterocycles. The number of nitrogens with zero attached hydrogens (tertiary/aromatic N) is 3. The summed E-state index contributed by atoms with van der Waals surface area (Å²) in [5.41, 5.74) is -3.10. The molecule has 2 heterocycles. The van der Waals surface area contributed by atoms with Crippen molar-refractivity contribution in [3.05, 3.63) is 48.5 Å². The molecule has 0 radical (unpaired) electrons. The lowest BCUT2D eigenvalue weighted by Crippen LogP contribution is -2.52. The van der Waals surface area contributed by atoms with Crippen LogP contribution in [0.4, 0.5) is 32.0 Å². The second kappa shape index (κ2) is 10.0. The van der Waals surface area contributed by atoms with E-state index < -0.39 is 60.8 Å². The van der Waals surface area contributed by atoms with Crippen LogP contribution >= 0.6 is 11.6 Å². The molecule has 1 N–H and O–H groups in total. The fraction of sp³-hybridized carbons (Fsp3) is 0.368. The normalized spacial score (nSPS) is 19.2. The van der Waals surface area contributed by atoms with Gasteiger partial charge in [-0.15, -0.1) is 13.2 Å². The van der Waals surface area contributed by atoms with Gasteiger partial charge in [0, 0.05) is 23.6 Å². The Balaban J connectivity index is 2.02. The molecule has 15 heteroatoms. The van der Waals surface area contributed by atoms with Crippen molar-refractivity contribution < 1.29 is 45.4 Å². The summed E-state index contributed by atoms with van der Waals surface area (Å²) in [4.78, 5) is 33.7. The Morgan fingerprint density at radius 1 is 1.21 bits per heavy atom. The minimum atomic E-state index is -5.00. The molecular formula is C19H15ClF6N4O4. The van der Waals surface area contributed by atoms with Crippen LogP contribution in [0.1, 0.15) is 11.6 Å². The first kappa shape index (κ1) is 25.5. The van der Waals surface area contributed by atoms with Crippen molar-refractivity contribution in [2.75, 3.05) is 18.1 Å². The van der Waals surface area contributed by atoms with Gasteiger partial charge in [0.1, 0.15) is 30.8 Å². The number of anilines is 1. The molecule has 3 rings (SSSR count). The number of amides is 2. The summed E-state index contributed by atoms with van der Waals surface area (Å²) < 4.78 is 87.7. The van der Waals surface area contributed by atoms with Gasteiger partial charge in [-0.2, -0.15) is 0 Å². The van der Waals surface area contributed by atoms with Crippen molar-refractivity contribution >= 4 is 29.1 Å². The number of hydrogen-bond acceptors (Lipinski definition) is 6. The SMILES string of the molecule is O=C(N[C@@H]1COCC1(F)F)[C@@H](c1cncnc1)N(C(=O)[C@H](F)Cl)c1ccc(OC(F)(F)F)cc1. The standard InChI is InChI=1S/C19H15ClF6N4O4/c20-15(21)17(32)30(11-1-3-12(4-2-11)34-19(24,25)26)14(10-5-27-9-28-6-10)16(31)29-13-7-33-8-18(13,22)23/h1-6,9,13-15H,7-8H2,(H,29,31)/t13-,14-,15+/m1/s1. The molecular weight excluding hydrogens is 498 g/mol. The molecule has 0 saturated carbocycles. The van der Waals surface area contributed by atoms with Gasteiger partial charge in [0.25, 0.3) is 17.5 Å². The summed E-state index contributed by atoms with van der Waals surface area (Å²) in [6.45, 7) is -1.48. The van der Waals surface area contributed by atoms with Gasteiger partial charge in [-0.3, -0.25) is 14.5 Å². The van der Waals surface area contributed by atoms with Crippen LogP contribution in [-0.4, -0.2) is 59.0 Å². The maximum Gasteiger partial charge on any atom is 0.573 e. The van der Waals surface area contributed by atoms with Crippen LogP contribution in [0.3, 0.4) is 0 Å². The minimum Gasteiger partial charge on any atom is -0.406 e. The summed E-state index contributed by atoms with van der Waals surface area (Å²) in [5.74, 6) is -6.78. The molecule has 1 aromatic carbocycles. The monoisotopic (exact) mass is 512 g/mol. The maximum absolute atomic E-state index is 14.0. The Labute approximate surface area is 192 Å². The lowest BCUT2D eigenvalue weighted by Gasteiger charge is -2.32. The van der Waals surface area contributed by atoms with Gasteiger partial charge in [-0.05, 0) is 24.3 Å². The molecule has 0 unspecified atom stereocenters. The molecule has 1 fully saturated rings. The highest BCUT2D eigenvalue weighted by Gasteiger charge is 2.48. The van der Waals surface area contributed by atoms with Crippen LogP contribution in [0.25, 0.3) is 0 Å². The lowest BCUT2D eigenvalue weighted by molar-refractivity contribution is -0.274. The third-order valence-electron chi connectivity index (χ3n) is 4.58. The van der Waals surface area contributed by atoms with Gasteiger partial charge in [0.2, 0.25) is 5.91 Å². The smallest absolute Gasteiger partial charge is 0.406 e. The minimum absolute atomic E-state index is 0.122. The van der Waals surface area contributed by atoms with Crippen LogP contribution in [-0.2, 0) is 14.3 Å². The molecule has 8 nitrogen and oxygen atoms in total. The van der Waals surface area contributed by atoms with Crippen molar-refractivity contribution in [1.82, 2.24) is 15.3 Å². The average molecular weight is 513 g/mol. The van der Waals surface area contributed by atoms with Crippen molar-refractivity contribution in [2.45, 2.75) is 30.0 Å². The van der Waals surface area contributed by atoms with Gasteiger partial charge < -0.3 is 14.8 Å². The first-order valence-electron chi connectivity index (χ1n) is 9.37. The van der Waals surface area contributed by atoms with E-state index in [1.165, 1.54) is 0 Å². The highest BCUT2D eigenvalue weighted by atomic mass is 35.5. The number of carbonyl (C=O) groups excluding carboxylic acids is 2. The Bertz CT molecular complexity index is 1010. The van der Waals surface area contributed by atoms with E-state index in [1.54, 1.807) is 0 Å². The zero-order valence-corrected chi connectivity index (χ0v) is 17.6. The van der Waals surface area contributed by atoms with Gasteiger partial charge in [0.05, 0.1) is 6.61 Å². The zero-order valence-electron chi connectivity index (χ0n) is 16.8. The predicted molar refractivity (Wildman–Crippen MR) is 104 cm³/mol. The molecule has 34 heavy (non-hydrogen) atoms. The molecule has 1 saturated heterocycles. The number of halogens is 7. The van der Waals surface area contributed by atoms with E-state index in [4.69, 9.17) is 11.6 Å². The Morgan fingerprint density at radius 2 is 1.82 bits per heavy atom. The number of hydrogen-bond donors (Lipinski definition) is 1. The molecule has 1 aliphatic rings. The molecule has 184 valence electrons. The summed E-state index contributed by atoms with van der Waals surface area (Å²) >= 11 is 5.31. The summed E-state index contributed by atoms with van der Waals surface area (Å²) in [6, 6.07) is -0.120. The summed E-state index contributed by atoms with van der Waals surface area (Å²) in [6.07, 6.45) is -1.78. The summed E-state index contributed by atoms with van der Waals surface area (Å²) in [7, 11) is 0. The maximum atomic E-state index is 14.0. The van der Waals surface area contributed by atoms with Crippen LogP contribution in [0.15, 0.2) is 43.0 Å². The fourth-order valence-corrected chi connectivity index (χ4v) is 3.23. The van der Waals surface area contributed by atoms with E-state index in [-0.39, 0.29) is 11.3 Å². The second-order valence-electron chi connectivity index (χ2n) is 6.96. The largest absolute Gasteiger partial charge is 0.573 e. The molecule has 2 aromatic rings. The van der Waals surface area contributed by atoms with Crippen LogP contribution in [0, 0.1) is 0 Å². The van der Waals surface area contributed by atoms with E-state index in [2.05, 4.69) is 24.8 Å². The average Bonchev–Trinajstić information content (AvgIpc) is 3.09. The van der Waals surface area contributed by atoms with Crippen molar-refractivity contribution in [1.29, 1.82) is 0 Å². The Kier molecular flexibility index (Phi) is 7.51. The quantitative estimate of drug-likeness (QED) is 0.453. The number of rotatable bonds is 7. The first-order chi connectivity index (χ1) is 15.9. The first-order valence-corrected chi connectivity index (χ1v) is 9.80.